The van der Waals surface area contributed by atoms with Gasteiger partial charge in [-0.3, -0.25) is 0 Å². The van der Waals surface area contributed by atoms with E-state index in [-0.39, 0.29) is 5.56 Å². The first-order valence-electron chi connectivity index (χ1n) is 3.86. The van der Waals surface area contributed by atoms with E-state index in [0.717, 1.165) is 18.2 Å². The average molecular weight is 196 g/mol. The molecule has 0 aliphatic carbocycles. The molecule has 1 atom stereocenters. The van der Waals surface area contributed by atoms with Crippen molar-refractivity contribution in [2.45, 2.75) is 5.60 Å². The van der Waals surface area contributed by atoms with E-state index in [4.69, 9.17) is 5.11 Å². The molecule has 0 saturated carbocycles. The van der Waals surface area contributed by atoms with Crippen LogP contribution in [0.3, 0.4) is 0 Å². The fraction of sp³-hybridized carbons (Fsp3) is 0.100. The Labute approximate surface area is 80.1 Å². The Kier molecular flexibility index (Phi) is 2.67. The quantitative estimate of drug-likeness (QED) is 0.716. The normalized spacial score (nSPS) is 14.4. The van der Waals surface area contributed by atoms with Gasteiger partial charge in [-0.2, -0.15) is 0 Å². The monoisotopic (exact) mass is 196 g/mol. The summed E-state index contributed by atoms with van der Waals surface area (Å²) in [6.07, 6.45) is 0.851. The first-order valence-corrected chi connectivity index (χ1v) is 3.86. The molecular formula is C10H9FO3. The zero-order valence-electron chi connectivity index (χ0n) is 7.27. The zero-order chi connectivity index (χ0) is 10.8. The van der Waals surface area contributed by atoms with Gasteiger partial charge in [0, 0.05) is 5.56 Å². The third-order valence-corrected chi connectivity index (χ3v) is 1.89. The van der Waals surface area contributed by atoms with Crippen LogP contribution in [-0.4, -0.2) is 16.2 Å². The minimum atomic E-state index is -2.23. The predicted octanol–water partition coefficient (Wildman–Crippen LogP) is 1.28. The van der Waals surface area contributed by atoms with Gasteiger partial charge < -0.3 is 10.2 Å². The fourth-order valence-corrected chi connectivity index (χ4v) is 1.05. The van der Waals surface area contributed by atoms with Crippen molar-refractivity contribution in [1.29, 1.82) is 0 Å². The molecule has 0 spiro atoms. The number of hydrogen-bond acceptors (Lipinski definition) is 2. The minimum absolute atomic E-state index is 0.0556. The number of aliphatic carboxylic acids is 1. The summed E-state index contributed by atoms with van der Waals surface area (Å²) in [5.74, 6) is -2.10. The van der Waals surface area contributed by atoms with Crippen molar-refractivity contribution in [2.24, 2.45) is 0 Å². The number of carbonyl (C=O) groups is 1. The molecular weight excluding hydrogens is 187 g/mol. The van der Waals surface area contributed by atoms with E-state index in [2.05, 4.69) is 6.58 Å². The van der Waals surface area contributed by atoms with E-state index in [1.165, 1.54) is 12.1 Å². The van der Waals surface area contributed by atoms with Crippen LogP contribution in [0.2, 0.25) is 0 Å². The van der Waals surface area contributed by atoms with Gasteiger partial charge in [0.2, 0.25) is 5.60 Å². The molecule has 0 aliphatic rings. The Morgan fingerprint density at radius 2 is 2.21 bits per heavy atom. The standard InChI is InChI=1S/C10H9FO3/c1-2-10(14,9(12)13)7-4-3-5-8(11)6-7/h2-6,14H,1H2,(H,12,13). The summed E-state index contributed by atoms with van der Waals surface area (Å²) in [5.41, 5.74) is -2.29. The predicted molar refractivity (Wildman–Crippen MR) is 48.1 cm³/mol. The molecule has 0 radical (unpaired) electrons. The van der Waals surface area contributed by atoms with Crippen molar-refractivity contribution in [3.05, 3.63) is 48.3 Å². The molecule has 0 saturated heterocycles. The van der Waals surface area contributed by atoms with Crippen molar-refractivity contribution >= 4 is 5.97 Å². The topological polar surface area (TPSA) is 57.5 Å². The summed E-state index contributed by atoms with van der Waals surface area (Å²) in [6, 6.07) is 4.76. The van der Waals surface area contributed by atoms with Crippen molar-refractivity contribution in [1.82, 2.24) is 0 Å². The van der Waals surface area contributed by atoms with Gasteiger partial charge in [-0.05, 0) is 18.2 Å². The number of carboxylic acids is 1. The van der Waals surface area contributed by atoms with Gasteiger partial charge >= 0.3 is 5.97 Å². The van der Waals surface area contributed by atoms with Crippen molar-refractivity contribution in [3.8, 4) is 0 Å². The number of hydrogen-bond donors (Lipinski definition) is 2. The second-order valence-electron chi connectivity index (χ2n) is 2.79. The number of aliphatic hydroxyl groups is 1. The van der Waals surface area contributed by atoms with Crippen LogP contribution in [0.1, 0.15) is 5.56 Å². The van der Waals surface area contributed by atoms with Crippen LogP contribution in [0, 0.1) is 5.82 Å². The molecule has 1 rings (SSSR count). The molecule has 1 unspecified atom stereocenters. The highest BCUT2D eigenvalue weighted by Crippen LogP contribution is 2.23. The number of halogens is 1. The lowest BCUT2D eigenvalue weighted by atomic mass is 9.94. The van der Waals surface area contributed by atoms with E-state index in [0.29, 0.717) is 0 Å². The minimum Gasteiger partial charge on any atom is -0.479 e. The Balaban J connectivity index is 3.26. The van der Waals surface area contributed by atoms with Crippen molar-refractivity contribution < 1.29 is 19.4 Å². The Hall–Kier alpha value is -1.68. The summed E-state index contributed by atoms with van der Waals surface area (Å²) in [5, 5.41) is 18.3. The van der Waals surface area contributed by atoms with Crippen LogP contribution in [0.5, 0.6) is 0 Å². The second kappa shape index (κ2) is 3.59. The highest BCUT2D eigenvalue weighted by Gasteiger charge is 2.34. The molecule has 3 nitrogen and oxygen atoms in total. The number of rotatable bonds is 3. The largest absolute Gasteiger partial charge is 0.479 e. The Morgan fingerprint density at radius 1 is 1.57 bits per heavy atom. The molecule has 14 heavy (non-hydrogen) atoms. The Morgan fingerprint density at radius 3 is 2.64 bits per heavy atom. The summed E-state index contributed by atoms with van der Waals surface area (Å²) in [6.45, 7) is 3.21. The molecule has 1 aromatic rings. The maximum Gasteiger partial charge on any atom is 0.344 e. The molecule has 4 heteroatoms. The molecule has 1 aromatic carbocycles. The van der Waals surface area contributed by atoms with E-state index in [9.17, 15) is 14.3 Å². The molecule has 0 aromatic heterocycles. The van der Waals surface area contributed by atoms with Crippen molar-refractivity contribution in [3.63, 3.8) is 0 Å². The smallest absolute Gasteiger partial charge is 0.344 e. The Bertz CT molecular complexity index is 375. The maximum atomic E-state index is 12.8. The lowest BCUT2D eigenvalue weighted by Crippen LogP contribution is -2.33. The van der Waals surface area contributed by atoms with E-state index >= 15 is 0 Å². The fourth-order valence-electron chi connectivity index (χ4n) is 1.05. The van der Waals surface area contributed by atoms with Crippen LogP contribution in [0.15, 0.2) is 36.9 Å². The molecule has 2 N–H and O–H groups in total. The molecule has 0 amide bonds. The highest BCUT2D eigenvalue weighted by molar-refractivity contribution is 5.81. The van der Waals surface area contributed by atoms with Crippen LogP contribution >= 0.6 is 0 Å². The maximum absolute atomic E-state index is 12.8. The van der Waals surface area contributed by atoms with Crippen molar-refractivity contribution in [2.75, 3.05) is 0 Å². The second-order valence-corrected chi connectivity index (χ2v) is 2.79. The third-order valence-electron chi connectivity index (χ3n) is 1.89. The van der Waals surface area contributed by atoms with E-state index < -0.39 is 17.4 Å². The molecule has 0 aliphatic heterocycles. The van der Waals surface area contributed by atoms with E-state index in [1.54, 1.807) is 0 Å². The van der Waals surface area contributed by atoms with Gasteiger partial charge in [-0.25, -0.2) is 9.18 Å². The van der Waals surface area contributed by atoms with Gasteiger partial charge in [-0.15, -0.1) is 0 Å². The molecule has 74 valence electrons. The van der Waals surface area contributed by atoms with Gasteiger partial charge in [0.05, 0.1) is 0 Å². The SMILES string of the molecule is C=CC(O)(C(=O)O)c1cccc(F)c1. The molecule has 0 bridgehead atoms. The summed E-state index contributed by atoms with van der Waals surface area (Å²) in [4.78, 5) is 10.7. The lowest BCUT2D eigenvalue weighted by Gasteiger charge is -2.19. The summed E-state index contributed by atoms with van der Waals surface area (Å²) in [7, 11) is 0. The summed E-state index contributed by atoms with van der Waals surface area (Å²) < 4.78 is 12.8. The van der Waals surface area contributed by atoms with Crippen LogP contribution in [-0.2, 0) is 10.4 Å². The summed E-state index contributed by atoms with van der Waals surface area (Å²) >= 11 is 0. The van der Waals surface area contributed by atoms with E-state index in [1.807, 2.05) is 0 Å². The van der Waals surface area contributed by atoms with Gasteiger partial charge in [-0.1, -0.05) is 18.7 Å². The first-order chi connectivity index (χ1) is 6.50. The first kappa shape index (κ1) is 10.4. The molecule has 0 fully saturated rings. The van der Waals surface area contributed by atoms with Gasteiger partial charge in [0.1, 0.15) is 5.82 Å². The lowest BCUT2D eigenvalue weighted by molar-refractivity contribution is -0.154. The number of carboxylic acid groups (broad SMARTS) is 1. The van der Waals surface area contributed by atoms with Crippen LogP contribution in [0.25, 0.3) is 0 Å². The molecule has 0 heterocycles. The highest BCUT2D eigenvalue weighted by atomic mass is 19.1. The number of benzene rings is 1. The average Bonchev–Trinajstić information content (AvgIpc) is 2.16. The third kappa shape index (κ3) is 1.65. The zero-order valence-corrected chi connectivity index (χ0v) is 7.27. The van der Waals surface area contributed by atoms with Gasteiger partial charge in [0.15, 0.2) is 0 Å². The van der Waals surface area contributed by atoms with Crippen LogP contribution < -0.4 is 0 Å². The van der Waals surface area contributed by atoms with Crippen LogP contribution in [0.4, 0.5) is 4.39 Å². The van der Waals surface area contributed by atoms with Gasteiger partial charge in [0.25, 0.3) is 0 Å².